The highest BCUT2D eigenvalue weighted by molar-refractivity contribution is 7.71. The van der Waals surface area contributed by atoms with Crippen LogP contribution in [-0.2, 0) is 17.8 Å². The maximum absolute atomic E-state index is 12.1. The Labute approximate surface area is 113 Å². The SMILES string of the molecule is CCC1(C)Cc2c(sc3[nH]c(=S)[nH]c(=O)c23)CO1. The van der Waals surface area contributed by atoms with E-state index < -0.39 is 0 Å². The third kappa shape index (κ3) is 1.75. The van der Waals surface area contributed by atoms with Gasteiger partial charge in [0.25, 0.3) is 5.56 Å². The number of aromatic amines is 2. The molecule has 2 aromatic heterocycles. The highest BCUT2D eigenvalue weighted by Crippen LogP contribution is 2.37. The molecule has 0 amide bonds. The van der Waals surface area contributed by atoms with Crippen LogP contribution < -0.4 is 5.56 Å². The van der Waals surface area contributed by atoms with Gasteiger partial charge in [-0.2, -0.15) is 0 Å². The molecule has 1 aliphatic heterocycles. The molecule has 96 valence electrons. The Morgan fingerprint density at radius 3 is 3.00 bits per heavy atom. The first-order valence-electron chi connectivity index (χ1n) is 5.93. The van der Waals surface area contributed by atoms with Crippen LogP contribution in [0.25, 0.3) is 10.2 Å². The highest BCUT2D eigenvalue weighted by Gasteiger charge is 2.32. The van der Waals surface area contributed by atoms with Gasteiger partial charge in [0, 0.05) is 11.3 Å². The predicted molar refractivity (Wildman–Crippen MR) is 74.8 cm³/mol. The second-order valence-electron chi connectivity index (χ2n) is 4.89. The summed E-state index contributed by atoms with van der Waals surface area (Å²) in [6.07, 6.45) is 1.72. The molecule has 1 atom stereocenters. The van der Waals surface area contributed by atoms with Crippen molar-refractivity contribution in [3.63, 3.8) is 0 Å². The number of H-pyrrole nitrogens is 2. The van der Waals surface area contributed by atoms with Crippen LogP contribution in [0, 0.1) is 4.77 Å². The van der Waals surface area contributed by atoms with Crippen LogP contribution in [0.5, 0.6) is 0 Å². The molecule has 1 aliphatic rings. The lowest BCUT2D eigenvalue weighted by atomic mass is 9.90. The summed E-state index contributed by atoms with van der Waals surface area (Å²) in [5, 5.41) is 0.756. The molecule has 0 saturated heterocycles. The van der Waals surface area contributed by atoms with Gasteiger partial charge in [0.15, 0.2) is 4.77 Å². The average Bonchev–Trinajstić information content (AvgIpc) is 2.66. The summed E-state index contributed by atoms with van der Waals surface area (Å²) < 4.78 is 6.28. The van der Waals surface area contributed by atoms with Crippen molar-refractivity contribution in [1.82, 2.24) is 9.97 Å². The average molecular weight is 282 g/mol. The largest absolute Gasteiger partial charge is 0.369 e. The van der Waals surface area contributed by atoms with Crippen molar-refractivity contribution in [1.29, 1.82) is 0 Å². The lowest BCUT2D eigenvalue weighted by Gasteiger charge is -2.32. The van der Waals surface area contributed by atoms with Gasteiger partial charge < -0.3 is 9.72 Å². The fourth-order valence-corrected chi connectivity index (χ4v) is 3.73. The van der Waals surface area contributed by atoms with E-state index in [1.165, 1.54) is 0 Å². The number of hydrogen-bond donors (Lipinski definition) is 2. The second-order valence-corrected chi connectivity index (χ2v) is 6.40. The van der Waals surface area contributed by atoms with Gasteiger partial charge in [-0.05, 0) is 31.1 Å². The normalized spacial score (nSPS) is 23.2. The van der Waals surface area contributed by atoms with Crippen molar-refractivity contribution in [2.45, 2.75) is 38.9 Å². The fraction of sp³-hybridized carbons (Fsp3) is 0.500. The minimum atomic E-state index is -0.167. The van der Waals surface area contributed by atoms with Gasteiger partial charge in [0.05, 0.1) is 17.6 Å². The Bertz CT molecular complexity index is 728. The summed E-state index contributed by atoms with van der Waals surface area (Å²) in [6.45, 7) is 4.79. The van der Waals surface area contributed by atoms with E-state index in [0.717, 1.165) is 33.5 Å². The van der Waals surface area contributed by atoms with Gasteiger partial charge in [0.1, 0.15) is 4.83 Å². The molecule has 0 bridgehead atoms. The molecule has 0 spiro atoms. The number of thiophene rings is 1. The molecule has 2 N–H and O–H groups in total. The van der Waals surface area contributed by atoms with E-state index in [-0.39, 0.29) is 11.2 Å². The standard InChI is InChI=1S/C12H14N2O2S2/c1-3-12(2)4-6-7(5-16-12)18-10-8(6)9(15)13-11(17)14-10/h3-5H2,1-2H3,(H2,13,14,15,17). The van der Waals surface area contributed by atoms with Crippen molar-refractivity contribution in [2.24, 2.45) is 0 Å². The summed E-state index contributed by atoms with van der Waals surface area (Å²) in [4.78, 5) is 19.8. The van der Waals surface area contributed by atoms with Crippen LogP contribution in [0.2, 0.25) is 0 Å². The highest BCUT2D eigenvalue weighted by atomic mass is 32.1. The minimum Gasteiger partial charge on any atom is -0.369 e. The van der Waals surface area contributed by atoms with Crippen LogP contribution >= 0.6 is 23.6 Å². The van der Waals surface area contributed by atoms with Crippen molar-refractivity contribution < 1.29 is 4.74 Å². The lowest BCUT2D eigenvalue weighted by Crippen LogP contribution is -2.34. The summed E-state index contributed by atoms with van der Waals surface area (Å²) in [6, 6.07) is 0. The summed E-state index contributed by atoms with van der Waals surface area (Å²) in [7, 11) is 0. The van der Waals surface area contributed by atoms with Gasteiger partial charge in [-0.1, -0.05) is 6.92 Å². The molecule has 0 aliphatic carbocycles. The molecular weight excluding hydrogens is 268 g/mol. The second kappa shape index (κ2) is 4.01. The van der Waals surface area contributed by atoms with Gasteiger partial charge in [-0.3, -0.25) is 9.78 Å². The van der Waals surface area contributed by atoms with Gasteiger partial charge in [-0.15, -0.1) is 11.3 Å². The summed E-state index contributed by atoms with van der Waals surface area (Å²) >= 11 is 6.57. The molecular formula is C12H14N2O2S2. The van der Waals surface area contributed by atoms with Gasteiger partial charge >= 0.3 is 0 Å². The van der Waals surface area contributed by atoms with Crippen LogP contribution in [0.1, 0.15) is 30.7 Å². The van der Waals surface area contributed by atoms with E-state index in [4.69, 9.17) is 17.0 Å². The molecule has 6 heteroatoms. The van der Waals surface area contributed by atoms with Crippen molar-refractivity contribution in [3.05, 3.63) is 25.6 Å². The number of ether oxygens (including phenoxy) is 1. The van der Waals surface area contributed by atoms with E-state index in [0.29, 0.717) is 11.4 Å². The molecule has 2 aromatic rings. The Balaban J connectivity index is 2.28. The van der Waals surface area contributed by atoms with Crippen LogP contribution in [0.15, 0.2) is 4.79 Å². The number of fused-ring (bicyclic) bond motifs is 3. The lowest BCUT2D eigenvalue weighted by molar-refractivity contribution is -0.0543. The Kier molecular flexibility index (Phi) is 2.69. The topological polar surface area (TPSA) is 57.9 Å². The molecule has 0 radical (unpaired) electrons. The third-order valence-corrected chi connectivity index (χ3v) is 4.95. The maximum atomic E-state index is 12.1. The molecule has 0 fully saturated rings. The zero-order chi connectivity index (χ0) is 12.9. The first-order valence-corrected chi connectivity index (χ1v) is 7.16. The van der Waals surface area contributed by atoms with E-state index >= 15 is 0 Å². The van der Waals surface area contributed by atoms with Crippen LogP contribution in [0.4, 0.5) is 0 Å². The van der Waals surface area contributed by atoms with Gasteiger partial charge in [-0.25, -0.2) is 0 Å². The van der Waals surface area contributed by atoms with E-state index in [2.05, 4.69) is 23.8 Å². The maximum Gasteiger partial charge on any atom is 0.260 e. The Morgan fingerprint density at radius 1 is 1.50 bits per heavy atom. The molecule has 0 saturated carbocycles. The zero-order valence-corrected chi connectivity index (χ0v) is 11.9. The first kappa shape index (κ1) is 12.1. The number of rotatable bonds is 1. The molecule has 1 unspecified atom stereocenters. The van der Waals surface area contributed by atoms with Crippen molar-refractivity contribution in [3.8, 4) is 0 Å². The third-order valence-electron chi connectivity index (χ3n) is 3.62. The number of nitrogens with one attached hydrogen (secondary N) is 2. The molecule has 0 aromatic carbocycles. The summed E-state index contributed by atoms with van der Waals surface area (Å²) in [5.41, 5.74) is 0.866. The zero-order valence-electron chi connectivity index (χ0n) is 10.3. The smallest absolute Gasteiger partial charge is 0.260 e. The molecule has 4 nitrogen and oxygen atoms in total. The van der Waals surface area contributed by atoms with Crippen LogP contribution in [-0.4, -0.2) is 15.6 Å². The predicted octanol–water partition coefficient (Wildman–Crippen LogP) is 2.89. The molecule has 18 heavy (non-hydrogen) atoms. The fourth-order valence-electron chi connectivity index (χ4n) is 2.34. The van der Waals surface area contributed by atoms with E-state index in [9.17, 15) is 4.79 Å². The van der Waals surface area contributed by atoms with Crippen LogP contribution in [0.3, 0.4) is 0 Å². The first-order chi connectivity index (χ1) is 8.52. The monoisotopic (exact) mass is 282 g/mol. The quantitative estimate of drug-likeness (QED) is 0.791. The molecule has 3 heterocycles. The minimum absolute atomic E-state index is 0.0911. The Hall–Kier alpha value is -0.980. The molecule has 3 rings (SSSR count). The van der Waals surface area contributed by atoms with Gasteiger partial charge in [0.2, 0.25) is 0 Å². The van der Waals surface area contributed by atoms with Crippen molar-refractivity contribution in [2.75, 3.05) is 0 Å². The Morgan fingerprint density at radius 2 is 2.28 bits per heavy atom. The van der Waals surface area contributed by atoms with E-state index in [1.807, 2.05) is 0 Å². The van der Waals surface area contributed by atoms with Crippen molar-refractivity contribution >= 4 is 33.8 Å². The number of aromatic nitrogens is 2. The summed E-state index contributed by atoms with van der Waals surface area (Å²) in [5.74, 6) is 0. The van der Waals surface area contributed by atoms with E-state index in [1.54, 1.807) is 11.3 Å². The number of hydrogen-bond acceptors (Lipinski definition) is 4.